The first-order chi connectivity index (χ1) is 7.65. The van der Waals surface area contributed by atoms with Gasteiger partial charge in [-0.25, -0.2) is 0 Å². The summed E-state index contributed by atoms with van der Waals surface area (Å²) in [6.07, 6.45) is 2.37. The maximum Gasteiger partial charge on any atom is 0.234 e. The first-order valence-corrected chi connectivity index (χ1v) is 5.78. The summed E-state index contributed by atoms with van der Waals surface area (Å²) < 4.78 is 10.5. The molecule has 94 valence electrons. The van der Waals surface area contributed by atoms with Gasteiger partial charge in [-0.05, 0) is 12.8 Å². The van der Waals surface area contributed by atoms with Crippen molar-refractivity contribution in [3.05, 3.63) is 0 Å². The van der Waals surface area contributed by atoms with Crippen LogP contribution in [-0.4, -0.2) is 44.9 Å². The number of carbonyl (C=O) groups excluding carboxylic acids is 1. The number of rotatable bonds is 7. The molecule has 3 N–H and O–H groups in total. The Kier molecular flexibility index (Phi) is 5.73. The highest BCUT2D eigenvalue weighted by Gasteiger charge is 2.24. The molecule has 1 aliphatic rings. The lowest BCUT2D eigenvalue weighted by atomic mass is 10.0. The van der Waals surface area contributed by atoms with Gasteiger partial charge in [-0.1, -0.05) is 6.92 Å². The minimum atomic E-state index is -0.343. The van der Waals surface area contributed by atoms with Crippen molar-refractivity contribution in [2.75, 3.05) is 26.9 Å². The van der Waals surface area contributed by atoms with Crippen molar-refractivity contribution in [3.8, 4) is 0 Å². The number of primary amides is 1. The predicted molar refractivity (Wildman–Crippen MR) is 61.0 cm³/mol. The lowest BCUT2D eigenvalue weighted by Crippen LogP contribution is -2.49. The van der Waals surface area contributed by atoms with Crippen LogP contribution in [0.2, 0.25) is 0 Å². The summed E-state index contributed by atoms with van der Waals surface area (Å²) in [5.74, 6) is -0.258. The molecule has 16 heavy (non-hydrogen) atoms. The van der Waals surface area contributed by atoms with E-state index in [-0.39, 0.29) is 24.0 Å². The molecule has 1 amide bonds. The fourth-order valence-corrected chi connectivity index (χ4v) is 2.01. The fourth-order valence-electron chi connectivity index (χ4n) is 2.01. The van der Waals surface area contributed by atoms with E-state index in [0.29, 0.717) is 13.2 Å². The Labute approximate surface area is 96.7 Å². The summed E-state index contributed by atoms with van der Waals surface area (Å²) in [6, 6.07) is -0.343. The van der Waals surface area contributed by atoms with Crippen LogP contribution in [0.5, 0.6) is 0 Å². The van der Waals surface area contributed by atoms with Crippen molar-refractivity contribution < 1.29 is 14.3 Å². The Morgan fingerprint density at radius 1 is 1.69 bits per heavy atom. The number of carbonyl (C=O) groups is 1. The summed E-state index contributed by atoms with van der Waals surface area (Å²) >= 11 is 0. The van der Waals surface area contributed by atoms with E-state index in [9.17, 15) is 4.79 Å². The van der Waals surface area contributed by atoms with Crippen molar-refractivity contribution in [1.82, 2.24) is 5.32 Å². The molecule has 1 fully saturated rings. The Hall–Kier alpha value is -0.650. The molecule has 1 saturated heterocycles. The molecule has 0 spiro atoms. The van der Waals surface area contributed by atoms with Gasteiger partial charge in [0.25, 0.3) is 0 Å². The predicted octanol–water partition coefficient (Wildman–Crippen LogP) is -0.109. The highest BCUT2D eigenvalue weighted by atomic mass is 16.5. The average Bonchev–Trinajstić information content (AvgIpc) is 2.70. The Morgan fingerprint density at radius 3 is 2.94 bits per heavy atom. The van der Waals surface area contributed by atoms with Crippen molar-refractivity contribution in [2.45, 2.75) is 31.9 Å². The molecule has 3 atom stereocenters. The zero-order valence-electron chi connectivity index (χ0n) is 10.1. The number of nitrogens with one attached hydrogen (secondary N) is 1. The summed E-state index contributed by atoms with van der Waals surface area (Å²) in [4.78, 5) is 11.3. The fraction of sp³-hybridized carbons (Fsp3) is 0.909. The van der Waals surface area contributed by atoms with Crippen LogP contribution in [0.25, 0.3) is 0 Å². The molecular weight excluding hydrogens is 208 g/mol. The van der Waals surface area contributed by atoms with Gasteiger partial charge in [-0.15, -0.1) is 0 Å². The van der Waals surface area contributed by atoms with E-state index < -0.39 is 0 Å². The number of methoxy groups -OCH3 is 1. The first-order valence-electron chi connectivity index (χ1n) is 5.78. The maximum atomic E-state index is 11.3. The molecule has 0 bridgehead atoms. The van der Waals surface area contributed by atoms with Gasteiger partial charge in [-0.3, -0.25) is 4.79 Å². The van der Waals surface area contributed by atoms with Gasteiger partial charge < -0.3 is 20.5 Å². The molecule has 5 heteroatoms. The van der Waals surface area contributed by atoms with Gasteiger partial charge in [0.15, 0.2) is 0 Å². The third kappa shape index (κ3) is 4.08. The number of ether oxygens (including phenoxy) is 2. The average molecular weight is 230 g/mol. The minimum Gasteiger partial charge on any atom is -0.384 e. The van der Waals surface area contributed by atoms with E-state index in [1.54, 1.807) is 7.11 Å². The molecule has 0 aromatic rings. The molecule has 1 rings (SSSR count). The van der Waals surface area contributed by atoms with E-state index in [1.165, 1.54) is 0 Å². The Balaban J connectivity index is 2.34. The highest BCUT2D eigenvalue weighted by molar-refractivity contribution is 5.80. The third-order valence-electron chi connectivity index (χ3n) is 2.89. The van der Waals surface area contributed by atoms with Crippen LogP contribution in [0.3, 0.4) is 0 Å². The van der Waals surface area contributed by atoms with Gasteiger partial charge in [0, 0.05) is 26.2 Å². The van der Waals surface area contributed by atoms with Gasteiger partial charge >= 0.3 is 0 Å². The normalized spacial score (nSPS) is 24.2. The van der Waals surface area contributed by atoms with Crippen LogP contribution in [-0.2, 0) is 14.3 Å². The molecule has 1 aliphatic heterocycles. The Bertz CT molecular complexity index is 217. The highest BCUT2D eigenvalue weighted by Crippen LogP contribution is 2.12. The van der Waals surface area contributed by atoms with Crippen molar-refractivity contribution in [2.24, 2.45) is 11.7 Å². The second kappa shape index (κ2) is 6.83. The molecule has 0 radical (unpaired) electrons. The summed E-state index contributed by atoms with van der Waals surface area (Å²) in [5, 5.41) is 3.17. The SMILES string of the molecule is COCC(C)C(NCC1CCCO1)C(N)=O. The standard InChI is InChI=1S/C11H22N2O3/c1-8(7-15-2)10(11(12)14)13-6-9-4-3-5-16-9/h8-10,13H,3-7H2,1-2H3,(H2,12,14). The molecule has 0 aromatic carbocycles. The summed E-state index contributed by atoms with van der Waals surface area (Å²) in [5.41, 5.74) is 5.35. The monoisotopic (exact) mass is 230 g/mol. The second-order valence-electron chi connectivity index (χ2n) is 4.36. The third-order valence-corrected chi connectivity index (χ3v) is 2.89. The number of amides is 1. The van der Waals surface area contributed by atoms with Crippen LogP contribution in [0.4, 0.5) is 0 Å². The molecule has 0 aromatic heterocycles. The van der Waals surface area contributed by atoms with E-state index in [2.05, 4.69) is 5.32 Å². The lowest BCUT2D eigenvalue weighted by molar-refractivity contribution is -0.121. The van der Waals surface area contributed by atoms with Gasteiger partial charge in [0.2, 0.25) is 5.91 Å². The largest absolute Gasteiger partial charge is 0.384 e. The molecule has 0 saturated carbocycles. The van der Waals surface area contributed by atoms with Crippen LogP contribution >= 0.6 is 0 Å². The maximum absolute atomic E-state index is 11.3. The van der Waals surface area contributed by atoms with Crippen LogP contribution < -0.4 is 11.1 Å². The molecule has 3 unspecified atom stereocenters. The van der Waals surface area contributed by atoms with Crippen LogP contribution in [0, 0.1) is 5.92 Å². The zero-order chi connectivity index (χ0) is 12.0. The van der Waals surface area contributed by atoms with Crippen LogP contribution in [0.15, 0.2) is 0 Å². The summed E-state index contributed by atoms with van der Waals surface area (Å²) in [6.45, 7) is 3.97. The van der Waals surface area contributed by atoms with Gasteiger partial charge in [0.1, 0.15) is 0 Å². The molecule has 1 heterocycles. The lowest BCUT2D eigenvalue weighted by Gasteiger charge is -2.23. The van der Waals surface area contributed by atoms with E-state index in [0.717, 1.165) is 19.4 Å². The van der Waals surface area contributed by atoms with E-state index in [1.807, 2.05) is 6.92 Å². The van der Waals surface area contributed by atoms with Crippen molar-refractivity contribution in [3.63, 3.8) is 0 Å². The Morgan fingerprint density at radius 2 is 2.44 bits per heavy atom. The quantitative estimate of drug-likeness (QED) is 0.640. The van der Waals surface area contributed by atoms with E-state index in [4.69, 9.17) is 15.2 Å². The molecule has 0 aliphatic carbocycles. The number of nitrogens with two attached hydrogens (primary N) is 1. The summed E-state index contributed by atoms with van der Waals surface area (Å²) in [7, 11) is 1.62. The minimum absolute atomic E-state index is 0.0731. The molecule has 5 nitrogen and oxygen atoms in total. The topological polar surface area (TPSA) is 73.6 Å². The number of hydrogen-bond donors (Lipinski definition) is 2. The van der Waals surface area contributed by atoms with Crippen LogP contribution in [0.1, 0.15) is 19.8 Å². The zero-order valence-corrected chi connectivity index (χ0v) is 10.1. The smallest absolute Gasteiger partial charge is 0.234 e. The second-order valence-corrected chi connectivity index (χ2v) is 4.36. The van der Waals surface area contributed by atoms with Gasteiger partial charge in [0.05, 0.1) is 18.8 Å². The van der Waals surface area contributed by atoms with Crippen molar-refractivity contribution >= 4 is 5.91 Å². The number of hydrogen-bond acceptors (Lipinski definition) is 4. The van der Waals surface area contributed by atoms with Crippen molar-refractivity contribution in [1.29, 1.82) is 0 Å². The molecular formula is C11H22N2O3. The van der Waals surface area contributed by atoms with E-state index >= 15 is 0 Å². The first kappa shape index (κ1) is 13.4. The van der Waals surface area contributed by atoms with Gasteiger partial charge in [-0.2, -0.15) is 0 Å².